The minimum absolute atomic E-state index is 0.207. The first-order chi connectivity index (χ1) is 10.9. The van der Waals surface area contributed by atoms with E-state index in [0.29, 0.717) is 6.04 Å². The SMILES string of the molecule is COc1ccc(NC2CCC(NC(=O)OC(C)(C)C)CC2)cc1. The Balaban J connectivity index is 1.74. The van der Waals surface area contributed by atoms with Gasteiger partial charge in [0, 0.05) is 17.8 Å². The highest BCUT2D eigenvalue weighted by Gasteiger charge is 2.24. The summed E-state index contributed by atoms with van der Waals surface area (Å²) in [6, 6.07) is 8.63. The average molecular weight is 320 g/mol. The van der Waals surface area contributed by atoms with E-state index in [9.17, 15) is 4.79 Å². The van der Waals surface area contributed by atoms with Gasteiger partial charge in [0.25, 0.3) is 0 Å². The van der Waals surface area contributed by atoms with Gasteiger partial charge in [-0.15, -0.1) is 0 Å². The van der Waals surface area contributed by atoms with Crippen LogP contribution in [0.2, 0.25) is 0 Å². The lowest BCUT2D eigenvalue weighted by molar-refractivity contribution is 0.0492. The molecule has 1 aromatic carbocycles. The second-order valence-corrected chi connectivity index (χ2v) is 7.07. The number of nitrogens with one attached hydrogen (secondary N) is 2. The van der Waals surface area contributed by atoms with Gasteiger partial charge in [0.15, 0.2) is 0 Å². The lowest BCUT2D eigenvalue weighted by Gasteiger charge is -2.31. The number of hydrogen-bond acceptors (Lipinski definition) is 4. The van der Waals surface area contributed by atoms with E-state index in [1.165, 1.54) is 0 Å². The number of alkyl carbamates (subject to hydrolysis) is 1. The van der Waals surface area contributed by atoms with Crippen LogP contribution >= 0.6 is 0 Å². The van der Waals surface area contributed by atoms with Gasteiger partial charge in [-0.3, -0.25) is 0 Å². The smallest absolute Gasteiger partial charge is 0.407 e. The molecular formula is C18H28N2O3. The molecule has 2 N–H and O–H groups in total. The first-order valence-corrected chi connectivity index (χ1v) is 8.26. The third-order valence-electron chi connectivity index (χ3n) is 3.91. The van der Waals surface area contributed by atoms with Crippen LogP contribution in [0.1, 0.15) is 46.5 Å². The summed E-state index contributed by atoms with van der Waals surface area (Å²) in [5.74, 6) is 0.862. The first-order valence-electron chi connectivity index (χ1n) is 8.26. The molecule has 0 saturated heterocycles. The summed E-state index contributed by atoms with van der Waals surface area (Å²) in [7, 11) is 1.67. The molecule has 0 atom stereocenters. The van der Waals surface area contributed by atoms with E-state index in [4.69, 9.17) is 9.47 Å². The maximum atomic E-state index is 11.8. The van der Waals surface area contributed by atoms with Gasteiger partial charge in [-0.25, -0.2) is 4.79 Å². The topological polar surface area (TPSA) is 59.6 Å². The molecule has 0 radical (unpaired) electrons. The summed E-state index contributed by atoms with van der Waals surface area (Å²) < 4.78 is 10.5. The van der Waals surface area contributed by atoms with Crippen molar-refractivity contribution in [3.8, 4) is 5.75 Å². The van der Waals surface area contributed by atoms with Crippen LogP contribution in [0.25, 0.3) is 0 Å². The third kappa shape index (κ3) is 6.00. The van der Waals surface area contributed by atoms with Crippen LogP contribution in [0.3, 0.4) is 0 Å². The summed E-state index contributed by atoms with van der Waals surface area (Å²) in [6.07, 6.45) is 3.68. The second-order valence-electron chi connectivity index (χ2n) is 7.07. The molecule has 5 heteroatoms. The highest BCUT2D eigenvalue weighted by Crippen LogP contribution is 2.24. The Hall–Kier alpha value is -1.91. The van der Waals surface area contributed by atoms with Crippen molar-refractivity contribution in [2.45, 2.75) is 64.1 Å². The molecular weight excluding hydrogens is 292 g/mol. The molecule has 1 saturated carbocycles. The van der Waals surface area contributed by atoms with Crippen molar-refractivity contribution < 1.29 is 14.3 Å². The highest BCUT2D eigenvalue weighted by atomic mass is 16.6. The zero-order valence-electron chi connectivity index (χ0n) is 14.5. The number of anilines is 1. The summed E-state index contributed by atoms with van der Waals surface area (Å²) >= 11 is 0. The van der Waals surface area contributed by atoms with E-state index in [-0.39, 0.29) is 12.1 Å². The molecule has 1 aliphatic rings. The molecule has 128 valence electrons. The Morgan fingerprint density at radius 3 is 2.13 bits per heavy atom. The van der Waals surface area contributed by atoms with Gasteiger partial charge in [-0.2, -0.15) is 0 Å². The Morgan fingerprint density at radius 2 is 1.61 bits per heavy atom. The number of ether oxygens (including phenoxy) is 2. The normalized spacial score (nSPS) is 21.4. The zero-order chi connectivity index (χ0) is 16.9. The predicted octanol–water partition coefficient (Wildman–Crippen LogP) is 3.94. The number of rotatable bonds is 4. The summed E-state index contributed by atoms with van der Waals surface area (Å²) in [5, 5.41) is 6.51. The molecule has 1 aromatic rings. The first kappa shape index (κ1) is 17.4. The van der Waals surface area contributed by atoms with Crippen LogP contribution in [0, 0.1) is 0 Å². The van der Waals surface area contributed by atoms with Crippen LogP contribution in [0.4, 0.5) is 10.5 Å². The standard InChI is InChI=1S/C18H28N2O3/c1-18(2,3)23-17(21)20-15-7-5-13(6-8-15)19-14-9-11-16(22-4)12-10-14/h9-13,15,19H,5-8H2,1-4H3,(H,20,21). The van der Waals surface area contributed by atoms with Gasteiger partial charge in [-0.05, 0) is 70.7 Å². The van der Waals surface area contributed by atoms with Crippen molar-refractivity contribution in [2.24, 2.45) is 0 Å². The molecule has 5 nitrogen and oxygen atoms in total. The maximum absolute atomic E-state index is 11.8. The molecule has 0 unspecified atom stereocenters. The summed E-state index contributed by atoms with van der Waals surface area (Å²) in [6.45, 7) is 5.63. The molecule has 2 rings (SSSR count). The van der Waals surface area contributed by atoms with Crippen molar-refractivity contribution in [1.29, 1.82) is 0 Å². The molecule has 0 bridgehead atoms. The predicted molar refractivity (Wildman–Crippen MR) is 92.0 cm³/mol. The lowest BCUT2D eigenvalue weighted by Crippen LogP contribution is -2.42. The fraction of sp³-hybridized carbons (Fsp3) is 0.611. The minimum atomic E-state index is -0.447. The van der Waals surface area contributed by atoms with E-state index < -0.39 is 5.60 Å². The van der Waals surface area contributed by atoms with Gasteiger partial charge >= 0.3 is 6.09 Å². The highest BCUT2D eigenvalue weighted by molar-refractivity contribution is 5.68. The van der Waals surface area contributed by atoms with Crippen molar-refractivity contribution in [1.82, 2.24) is 5.32 Å². The van der Waals surface area contributed by atoms with E-state index >= 15 is 0 Å². The number of carbonyl (C=O) groups excluding carboxylic acids is 1. The Kier molecular flexibility index (Phi) is 5.74. The fourth-order valence-corrected chi connectivity index (χ4v) is 2.78. The third-order valence-corrected chi connectivity index (χ3v) is 3.91. The van der Waals surface area contributed by atoms with Crippen molar-refractivity contribution in [3.63, 3.8) is 0 Å². The largest absolute Gasteiger partial charge is 0.497 e. The Morgan fingerprint density at radius 1 is 1.04 bits per heavy atom. The van der Waals surface area contributed by atoms with Gasteiger partial charge < -0.3 is 20.1 Å². The van der Waals surface area contributed by atoms with E-state index in [0.717, 1.165) is 37.1 Å². The lowest BCUT2D eigenvalue weighted by atomic mass is 9.91. The average Bonchev–Trinajstić information content (AvgIpc) is 2.48. The summed E-state index contributed by atoms with van der Waals surface area (Å²) in [5.41, 5.74) is 0.659. The molecule has 0 aromatic heterocycles. The maximum Gasteiger partial charge on any atom is 0.407 e. The number of benzene rings is 1. The second kappa shape index (κ2) is 7.57. The molecule has 23 heavy (non-hydrogen) atoms. The fourth-order valence-electron chi connectivity index (χ4n) is 2.78. The van der Waals surface area contributed by atoms with E-state index in [1.54, 1.807) is 7.11 Å². The van der Waals surface area contributed by atoms with Crippen LogP contribution in [-0.4, -0.2) is 30.9 Å². The zero-order valence-corrected chi connectivity index (χ0v) is 14.5. The Labute approximate surface area is 138 Å². The molecule has 1 fully saturated rings. The molecule has 0 spiro atoms. The quantitative estimate of drug-likeness (QED) is 0.882. The number of carbonyl (C=O) groups is 1. The van der Waals surface area contributed by atoms with Crippen molar-refractivity contribution >= 4 is 11.8 Å². The van der Waals surface area contributed by atoms with E-state index in [1.807, 2.05) is 45.0 Å². The van der Waals surface area contributed by atoms with Gasteiger partial charge in [0.1, 0.15) is 11.4 Å². The van der Waals surface area contributed by atoms with E-state index in [2.05, 4.69) is 10.6 Å². The molecule has 0 aliphatic heterocycles. The molecule has 0 heterocycles. The monoisotopic (exact) mass is 320 g/mol. The molecule has 1 aliphatic carbocycles. The van der Waals surface area contributed by atoms with Crippen LogP contribution < -0.4 is 15.4 Å². The van der Waals surface area contributed by atoms with Crippen molar-refractivity contribution in [3.05, 3.63) is 24.3 Å². The minimum Gasteiger partial charge on any atom is -0.497 e. The van der Waals surface area contributed by atoms with Crippen molar-refractivity contribution in [2.75, 3.05) is 12.4 Å². The van der Waals surface area contributed by atoms with Gasteiger partial charge in [0.05, 0.1) is 7.11 Å². The van der Waals surface area contributed by atoms with Gasteiger partial charge in [0.2, 0.25) is 0 Å². The Bertz CT molecular complexity index is 500. The van der Waals surface area contributed by atoms with Gasteiger partial charge in [-0.1, -0.05) is 0 Å². The number of amides is 1. The van der Waals surface area contributed by atoms with Crippen LogP contribution in [0.15, 0.2) is 24.3 Å². The van der Waals surface area contributed by atoms with Crippen LogP contribution in [-0.2, 0) is 4.74 Å². The molecule has 1 amide bonds. The summed E-state index contributed by atoms with van der Waals surface area (Å²) in [4.78, 5) is 11.8. The number of methoxy groups -OCH3 is 1. The number of hydrogen-bond donors (Lipinski definition) is 2. The van der Waals surface area contributed by atoms with Crippen LogP contribution in [0.5, 0.6) is 5.75 Å².